The molecule has 0 saturated heterocycles. The molecular weight excluding hydrogens is 222 g/mol. The van der Waals surface area contributed by atoms with Gasteiger partial charge in [-0.1, -0.05) is 13.0 Å². The molecule has 1 atom stereocenters. The lowest BCUT2D eigenvalue weighted by Gasteiger charge is -2.10. The van der Waals surface area contributed by atoms with Crippen LogP contribution in [-0.4, -0.2) is 13.7 Å². The standard InChI is InChI=1S/C12H15NO2S/c1-4-11(8-13)16(14,15)12-6-5-9(2)10(3)7-12/h5-7,11H,4H2,1-3H3. The first-order valence-corrected chi connectivity index (χ1v) is 6.69. The van der Waals surface area contributed by atoms with Crippen molar-refractivity contribution in [1.82, 2.24) is 0 Å². The quantitative estimate of drug-likeness (QED) is 0.811. The van der Waals surface area contributed by atoms with Crippen LogP contribution in [0.15, 0.2) is 23.1 Å². The van der Waals surface area contributed by atoms with Crippen LogP contribution < -0.4 is 0 Å². The summed E-state index contributed by atoms with van der Waals surface area (Å²) in [5.74, 6) is 0. The fraction of sp³-hybridized carbons (Fsp3) is 0.417. The fourth-order valence-corrected chi connectivity index (χ4v) is 2.94. The van der Waals surface area contributed by atoms with Gasteiger partial charge in [0.2, 0.25) is 0 Å². The molecule has 86 valence electrons. The maximum absolute atomic E-state index is 12.0. The average molecular weight is 237 g/mol. The third-order valence-electron chi connectivity index (χ3n) is 2.70. The smallest absolute Gasteiger partial charge is 0.194 e. The second-order valence-electron chi connectivity index (χ2n) is 3.82. The highest BCUT2D eigenvalue weighted by Gasteiger charge is 2.25. The third-order valence-corrected chi connectivity index (χ3v) is 4.80. The van der Waals surface area contributed by atoms with Crippen LogP contribution >= 0.6 is 0 Å². The highest BCUT2D eigenvalue weighted by Crippen LogP contribution is 2.20. The molecule has 3 nitrogen and oxygen atoms in total. The van der Waals surface area contributed by atoms with E-state index in [1.807, 2.05) is 19.9 Å². The minimum atomic E-state index is -3.50. The van der Waals surface area contributed by atoms with Gasteiger partial charge in [-0.25, -0.2) is 8.42 Å². The van der Waals surface area contributed by atoms with Gasteiger partial charge in [-0.3, -0.25) is 0 Å². The van der Waals surface area contributed by atoms with Gasteiger partial charge in [0.05, 0.1) is 11.0 Å². The lowest BCUT2D eigenvalue weighted by molar-refractivity contribution is 0.587. The van der Waals surface area contributed by atoms with Crippen LogP contribution in [0.5, 0.6) is 0 Å². The maximum Gasteiger partial charge on any atom is 0.194 e. The molecule has 1 rings (SSSR count). The third kappa shape index (κ3) is 2.25. The van der Waals surface area contributed by atoms with Gasteiger partial charge in [0.15, 0.2) is 15.1 Å². The zero-order valence-electron chi connectivity index (χ0n) is 9.69. The summed E-state index contributed by atoms with van der Waals surface area (Å²) in [5.41, 5.74) is 1.97. The van der Waals surface area contributed by atoms with Crippen LogP contribution in [0.1, 0.15) is 24.5 Å². The number of benzene rings is 1. The van der Waals surface area contributed by atoms with Crippen LogP contribution in [0.2, 0.25) is 0 Å². The first kappa shape index (κ1) is 12.7. The van der Waals surface area contributed by atoms with E-state index in [1.54, 1.807) is 25.1 Å². The monoisotopic (exact) mass is 237 g/mol. The Kier molecular flexibility index (Phi) is 3.71. The highest BCUT2D eigenvalue weighted by molar-refractivity contribution is 7.92. The molecule has 16 heavy (non-hydrogen) atoms. The Bertz CT molecular complexity index is 526. The van der Waals surface area contributed by atoms with E-state index < -0.39 is 15.1 Å². The molecule has 0 amide bonds. The second-order valence-corrected chi connectivity index (χ2v) is 5.95. The van der Waals surface area contributed by atoms with E-state index in [0.717, 1.165) is 11.1 Å². The van der Waals surface area contributed by atoms with Gasteiger partial charge < -0.3 is 0 Å². The zero-order chi connectivity index (χ0) is 12.3. The molecule has 0 aliphatic heterocycles. The maximum atomic E-state index is 12.0. The molecule has 1 aromatic carbocycles. The summed E-state index contributed by atoms with van der Waals surface area (Å²) in [6.07, 6.45) is 0.311. The Morgan fingerprint density at radius 2 is 1.94 bits per heavy atom. The molecular formula is C12H15NO2S. The molecule has 0 aliphatic rings. The normalized spacial score (nSPS) is 13.1. The number of aryl methyl sites for hydroxylation is 2. The largest absolute Gasteiger partial charge is 0.222 e. The Hall–Kier alpha value is -1.34. The van der Waals surface area contributed by atoms with Crippen molar-refractivity contribution in [2.75, 3.05) is 0 Å². The Labute approximate surface area is 96.6 Å². The summed E-state index contributed by atoms with van der Waals surface area (Å²) in [4.78, 5) is 0.240. The predicted molar refractivity (Wildman–Crippen MR) is 62.8 cm³/mol. The lowest BCUT2D eigenvalue weighted by atomic mass is 10.1. The van der Waals surface area contributed by atoms with Crippen molar-refractivity contribution in [3.63, 3.8) is 0 Å². The number of sulfone groups is 1. The Morgan fingerprint density at radius 1 is 1.31 bits per heavy atom. The SMILES string of the molecule is CCC(C#N)S(=O)(=O)c1ccc(C)c(C)c1. The van der Waals surface area contributed by atoms with Crippen LogP contribution in [0.4, 0.5) is 0 Å². The number of rotatable bonds is 3. The van der Waals surface area contributed by atoms with Crippen molar-refractivity contribution < 1.29 is 8.42 Å². The van der Waals surface area contributed by atoms with Crippen molar-refractivity contribution in [2.45, 2.75) is 37.3 Å². The minimum absolute atomic E-state index is 0.240. The first-order valence-electron chi connectivity index (χ1n) is 5.14. The molecule has 1 unspecified atom stereocenters. The topological polar surface area (TPSA) is 57.9 Å². The molecule has 0 bridgehead atoms. The van der Waals surface area contributed by atoms with E-state index in [2.05, 4.69) is 0 Å². The molecule has 0 heterocycles. The van der Waals surface area contributed by atoms with Crippen molar-refractivity contribution in [2.24, 2.45) is 0 Å². The van der Waals surface area contributed by atoms with E-state index >= 15 is 0 Å². The van der Waals surface area contributed by atoms with E-state index in [1.165, 1.54) is 0 Å². The summed E-state index contributed by atoms with van der Waals surface area (Å²) < 4.78 is 24.1. The number of hydrogen-bond donors (Lipinski definition) is 0. The van der Waals surface area contributed by atoms with Crippen molar-refractivity contribution in [1.29, 1.82) is 5.26 Å². The van der Waals surface area contributed by atoms with Crippen molar-refractivity contribution >= 4 is 9.84 Å². The minimum Gasteiger partial charge on any atom is -0.222 e. The van der Waals surface area contributed by atoms with Gasteiger partial charge in [0, 0.05) is 0 Å². The van der Waals surface area contributed by atoms with Crippen LogP contribution in [0.25, 0.3) is 0 Å². The molecule has 0 aromatic heterocycles. The summed E-state index contributed by atoms with van der Waals surface area (Å²) in [5, 5.41) is 7.87. The second kappa shape index (κ2) is 4.67. The molecule has 0 saturated carbocycles. The lowest BCUT2D eigenvalue weighted by Crippen LogP contribution is -2.18. The molecule has 0 fully saturated rings. The molecule has 4 heteroatoms. The van der Waals surface area contributed by atoms with Crippen LogP contribution in [-0.2, 0) is 9.84 Å². The zero-order valence-corrected chi connectivity index (χ0v) is 10.5. The Balaban J connectivity index is 3.29. The van der Waals surface area contributed by atoms with E-state index in [-0.39, 0.29) is 4.90 Å². The molecule has 0 N–H and O–H groups in total. The number of nitriles is 1. The molecule has 0 spiro atoms. The summed E-state index contributed by atoms with van der Waals surface area (Å²) in [6.45, 7) is 5.49. The van der Waals surface area contributed by atoms with Gasteiger partial charge in [-0.2, -0.15) is 5.26 Å². The van der Waals surface area contributed by atoms with Crippen molar-refractivity contribution in [3.8, 4) is 6.07 Å². The number of hydrogen-bond acceptors (Lipinski definition) is 3. The highest BCUT2D eigenvalue weighted by atomic mass is 32.2. The van der Waals surface area contributed by atoms with Gasteiger partial charge in [-0.15, -0.1) is 0 Å². The molecule has 1 aromatic rings. The average Bonchev–Trinajstić information content (AvgIpc) is 2.23. The van der Waals surface area contributed by atoms with Gasteiger partial charge in [-0.05, 0) is 43.5 Å². The van der Waals surface area contributed by atoms with E-state index in [0.29, 0.717) is 6.42 Å². The molecule has 0 aliphatic carbocycles. The van der Waals surface area contributed by atoms with E-state index in [9.17, 15) is 8.42 Å². The summed E-state index contributed by atoms with van der Waals surface area (Å²) in [6, 6.07) is 6.80. The molecule has 0 radical (unpaired) electrons. The van der Waals surface area contributed by atoms with E-state index in [4.69, 9.17) is 5.26 Å². The van der Waals surface area contributed by atoms with Crippen LogP contribution in [0, 0.1) is 25.2 Å². The van der Waals surface area contributed by atoms with Crippen LogP contribution in [0.3, 0.4) is 0 Å². The first-order chi connectivity index (χ1) is 7.43. The van der Waals surface area contributed by atoms with Gasteiger partial charge in [0.1, 0.15) is 0 Å². The predicted octanol–water partition coefficient (Wildman–Crippen LogP) is 2.38. The number of nitrogens with zero attached hydrogens (tertiary/aromatic N) is 1. The van der Waals surface area contributed by atoms with Crippen molar-refractivity contribution in [3.05, 3.63) is 29.3 Å². The van der Waals surface area contributed by atoms with Gasteiger partial charge in [0.25, 0.3) is 0 Å². The van der Waals surface area contributed by atoms with Gasteiger partial charge >= 0.3 is 0 Å². The summed E-state index contributed by atoms with van der Waals surface area (Å²) in [7, 11) is -3.50. The summed E-state index contributed by atoms with van der Waals surface area (Å²) >= 11 is 0. The fourth-order valence-electron chi connectivity index (χ4n) is 1.44. The Morgan fingerprint density at radius 3 is 2.38 bits per heavy atom.